The smallest absolute Gasteiger partial charge is 0.338 e. The molecule has 1 atom stereocenters. The molecule has 182 valence electrons. The standard InChI is InChI=1S/C25H21N5O5S/c1-15-21(24(32)35-2)23(29-20(31)12-13-36-25(29)26-15)19-14-28(17-6-4-3-5-7-17)27-22(19)16-8-10-18(11-9-16)30(33)34/h3-11,14,23H,12-13H2,1-2H3/t23-/m0/s1. The van der Waals surface area contributed by atoms with Gasteiger partial charge in [0.05, 0.1) is 34.7 Å². The second kappa shape index (κ2) is 9.42. The quantitative estimate of drug-likeness (QED) is 0.290. The molecule has 0 aliphatic carbocycles. The predicted octanol–water partition coefficient (Wildman–Crippen LogP) is 4.27. The highest BCUT2D eigenvalue weighted by atomic mass is 32.2. The number of methoxy groups -OCH3 is 1. The van der Waals surface area contributed by atoms with Crippen LogP contribution < -0.4 is 0 Å². The van der Waals surface area contributed by atoms with Gasteiger partial charge in [-0.05, 0) is 31.2 Å². The van der Waals surface area contributed by atoms with E-state index in [-0.39, 0.29) is 17.2 Å². The highest BCUT2D eigenvalue weighted by Crippen LogP contribution is 2.43. The highest BCUT2D eigenvalue weighted by molar-refractivity contribution is 8.14. The molecule has 3 aromatic rings. The van der Waals surface area contributed by atoms with Gasteiger partial charge < -0.3 is 4.74 Å². The van der Waals surface area contributed by atoms with Crippen molar-refractivity contribution in [2.75, 3.05) is 12.9 Å². The lowest BCUT2D eigenvalue weighted by Gasteiger charge is -2.38. The van der Waals surface area contributed by atoms with Gasteiger partial charge in [-0.15, -0.1) is 0 Å². The molecule has 2 aliphatic rings. The molecule has 36 heavy (non-hydrogen) atoms. The van der Waals surface area contributed by atoms with E-state index in [0.29, 0.717) is 39.9 Å². The second-order valence-electron chi connectivity index (χ2n) is 8.17. The van der Waals surface area contributed by atoms with Gasteiger partial charge >= 0.3 is 5.97 Å². The maximum Gasteiger partial charge on any atom is 0.338 e. The zero-order chi connectivity index (χ0) is 25.4. The number of fused-ring (bicyclic) bond motifs is 1. The van der Waals surface area contributed by atoms with Crippen LogP contribution in [-0.4, -0.2) is 49.5 Å². The van der Waals surface area contributed by atoms with E-state index in [1.807, 2.05) is 30.3 Å². The first-order valence-electron chi connectivity index (χ1n) is 11.1. The Morgan fingerprint density at radius 2 is 1.89 bits per heavy atom. The van der Waals surface area contributed by atoms with Crippen molar-refractivity contribution in [3.63, 3.8) is 0 Å². The number of non-ortho nitro benzene ring substituents is 1. The molecule has 3 heterocycles. The number of allylic oxidation sites excluding steroid dienone is 1. The Labute approximate surface area is 210 Å². The third-order valence-electron chi connectivity index (χ3n) is 6.02. The number of thioether (sulfide) groups is 1. The molecule has 11 heteroatoms. The van der Waals surface area contributed by atoms with Gasteiger partial charge in [0.2, 0.25) is 5.91 Å². The van der Waals surface area contributed by atoms with E-state index in [0.717, 1.165) is 5.69 Å². The van der Waals surface area contributed by atoms with Gasteiger partial charge in [-0.1, -0.05) is 30.0 Å². The highest BCUT2D eigenvalue weighted by Gasteiger charge is 2.43. The number of nitrogens with zero attached hydrogens (tertiary/aromatic N) is 5. The van der Waals surface area contributed by atoms with Gasteiger partial charge in [-0.3, -0.25) is 19.8 Å². The van der Waals surface area contributed by atoms with Crippen LogP contribution in [0.25, 0.3) is 16.9 Å². The molecule has 0 bridgehead atoms. The third kappa shape index (κ3) is 4.07. The van der Waals surface area contributed by atoms with E-state index in [1.54, 1.807) is 29.9 Å². The first-order valence-corrected chi connectivity index (χ1v) is 12.1. The molecule has 0 N–H and O–H groups in total. The van der Waals surface area contributed by atoms with Crippen LogP contribution in [0.3, 0.4) is 0 Å². The lowest BCUT2D eigenvalue weighted by Crippen LogP contribution is -2.45. The minimum absolute atomic E-state index is 0.0523. The number of para-hydroxylation sites is 1. The summed E-state index contributed by atoms with van der Waals surface area (Å²) in [5.41, 5.74) is 3.09. The van der Waals surface area contributed by atoms with Gasteiger partial charge in [0.15, 0.2) is 5.17 Å². The average molecular weight is 504 g/mol. The number of carbonyl (C=O) groups excluding carboxylic acids is 2. The molecule has 2 aromatic carbocycles. The zero-order valence-electron chi connectivity index (χ0n) is 19.5. The summed E-state index contributed by atoms with van der Waals surface area (Å²) in [7, 11) is 1.29. The fourth-order valence-electron chi connectivity index (χ4n) is 4.33. The van der Waals surface area contributed by atoms with Crippen molar-refractivity contribution in [3.8, 4) is 16.9 Å². The van der Waals surface area contributed by atoms with E-state index >= 15 is 0 Å². The van der Waals surface area contributed by atoms with Gasteiger partial charge in [-0.2, -0.15) is 5.10 Å². The number of esters is 1. The average Bonchev–Trinajstić information content (AvgIpc) is 3.33. The van der Waals surface area contributed by atoms with Crippen molar-refractivity contribution in [2.45, 2.75) is 19.4 Å². The Balaban J connectivity index is 1.75. The fourth-order valence-corrected chi connectivity index (χ4v) is 5.33. The van der Waals surface area contributed by atoms with E-state index in [1.165, 1.54) is 35.9 Å². The number of amides is 1. The molecule has 1 amide bonds. The topological polar surface area (TPSA) is 120 Å². The molecule has 0 radical (unpaired) electrons. The number of carbonyl (C=O) groups is 2. The molecular weight excluding hydrogens is 482 g/mol. The zero-order valence-corrected chi connectivity index (χ0v) is 20.3. The number of ether oxygens (including phenoxy) is 1. The number of aliphatic imine (C=N–C) groups is 1. The number of hydrogen-bond donors (Lipinski definition) is 0. The Bertz CT molecular complexity index is 1430. The van der Waals surface area contributed by atoms with Crippen LogP contribution in [0.4, 0.5) is 5.69 Å². The second-order valence-corrected chi connectivity index (χ2v) is 9.23. The van der Waals surface area contributed by atoms with Crippen molar-refractivity contribution >= 4 is 34.5 Å². The Morgan fingerprint density at radius 1 is 1.17 bits per heavy atom. The normalized spacial score (nSPS) is 17.5. The summed E-state index contributed by atoms with van der Waals surface area (Å²) >= 11 is 1.45. The number of rotatable bonds is 5. The summed E-state index contributed by atoms with van der Waals surface area (Å²) in [6.07, 6.45) is 2.08. The van der Waals surface area contributed by atoms with Crippen LogP contribution in [0.15, 0.2) is 77.1 Å². The van der Waals surface area contributed by atoms with Crippen molar-refractivity contribution in [1.29, 1.82) is 0 Å². The summed E-state index contributed by atoms with van der Waals surface area (Å²) in [5, 5.41) is 16.5. The molecule has 0 unspecified atom stereocenters. The number of aromatic nitrogens is 2. The Morgan fingerprint density at radius 3 is 2.56 bits per heavy atom. The fraction of sp³-hybridized carbons (Fsp3) is 0.200. The van der Waals surface area contributed by atoms with Crippen molar-refractivity contribution < 1.29 is 19.2 Å². The van der Waals surface area contributed by atoms with Gasteiger partial charge in [0.25, 0.3) is 5.69 Å². The molecule has 5 rings (SSSR count). The van der Waals surface area contributed by atoms with Gasteiger partial charge in [-0.25, -0.2) is 14.5 Å². The SMILES string of the molecule is COC(=O)C1=C(C)N=C2SCCC(=O)N2[C@H]1c1cn(-c2ccccc2)nc1-c1ccc([N+](=O)[O-])cc1. The van der Waals surface area contributed by atoms with Gasteiger partial charge in [0.1, 0.15) is 6.04 Å². The van der Waals surface area contributed by atoms with E-state index in [9.17, 15) is 19.7 Å². The van der Waals surface area contributed by atoms with Crippen LogP contribution >= 0.6 is 11.8 Å². The molecule has 1 aromatic heterocycles. The first-order chi connectivity index (χ1) is 17.4. The Hall–Kier alpha value is -4.25. The summed E-state index contributed by atoms with van der Waals surface area (Å²) in [6.45, 7) is 1.72. The third-order valence-corrected chi connectivity index (χ3v) is 6.98. The van der Waals surface area contributed by atoms with Crippen LogP contribution in [0.5, 0.6) is 0 Å². The number of nitro benzene ring substituents is 1. The Kier molecular flexibility index (Phi) is 6.15. The van der Waals surface area contributed by atoms with E-state index in [2.05, 4.69) is 4.99 Å². The van der Waals surface area contributed by atoms with Crippen LogP contribution in [-0.2, 0) is 14.3 Å². The summed E-state index contributed by atoms with van der Waals surface area (Å²) in [6, 6.07) is 14.6. The predicted molar refractivity (Wildman–Crippen MR) is 134 cm³/mol. The summed E-state index contributed by atoms with van der Waals surface area (Å²) in [4.78, 5) is 43.0. The minimum atomic E-state index is -0.826. The maximum absolute atomic E-state index is 13.2. The van der Waals surface area contributed by atoms with Crippen LogP contribution in [0.1, 0.15) is 24.9 Å². The molecular formula is C25H21N5O5S. The lowest BCUT2D eigenvalue weighted by atomic mass is 9.92. The minimum Gasteiger partial charge on any atom is -0.466 e. The summed E-state index contributed by atoms with van der Waals surface area (Å²) in [5.74, 6) is -0.153. The molecule has 2 aliphatic heterocycles. The van der Waals surface area contributed by atoms with E-state index < -0.39 is 16.9 Å². The number of hydrogen-bond acceptors (Lipinski definition) is 8. The van der Waals surface area contributed by atoms with E-state index in [4.69, 9.17) is 9.84 Å². The molecule has 10 nitrogen and oxygen atoms in total. The number of amidine groups is 1. The summed E-state index contributed by atoms with van der Waals surface area (Å²) < 4.78 is 6.76. The molecule has 1 fully saturated rings. The van der Waals surface area contributed by atoms with Crippen molar-refractivity contribution in [1.82, 2.24) is 14.7 Å². The maximum atomic E-state index is 13.2. The van der Waals surface area contributed by atoms with Crippen molar-refractivity contribution in [2.24, 2.45) is 4.99 Å². The molecule has 1 saturated heterocycles. The molecule has 0 saturated carbocycles. The van der Waals surface area contributed by atoms with Crippen LogP contribution in [0.2, 0.25) is 0 Å². The monoisotopic (exact) mass is 503 g/mol. The number of benzene rings is 2. The molecule has 0 spiro atoms. The van der Waals surface area contributed by atoms with Crippen LogP contribution in [0, 0.1) is 10.1 Å². The number of nitro groups is 1. The lowest BCUT2D eigenvalue weighted by molar-refractivity contribution is -0.384. The largest absolute Gasteiger partial charge is 0.466 e. The first kappa shape index (κ1) is 23.5. The van der Waals surface area contributed by atoms with Crippen molar-refractivity contribution in [3.05, 3.63) is 87.7 Å². The van der Waals surface area contributed by atoms with Gasteiger partial charge in [0, 0.05) is 41.6 Å².